The summed E-state index contributed by atoms with van der Waals surface area (Å²) in [5, 5.41) is 19.8. The first kappa shape index (κ1) is 14.2. The number of anilines is 1. The van der Waals surface area contributed by atoms with Crippen LogP contribution in [-0.4, -0.2) is 29.1 Å². The Labute approximate surface area is 115 Å². The van der Waals surface area contributed by atoms with E-state index in [1.54, 1.807) is 11.9 Å². The normalized spacial score (nSPS) is 15.8. The van der Waals surface area contributed by atoms with Gasteiger partial charge in [0.15, 0.2) is 5.82 Å². The molecule has 1 saturated carbocycles. The van der Waals surface area contributed by atoms with Crippen LogP contribution in [0.4, 0.5) is 15.8 Å². The van der Waals surface area contributed by atoms with E-state index >= 15 is 0 Å². The molecule has 1 aromatic carbocycles. The van der Waals surface area contributed by atoms with Crippen molar-refractivity contribution in [2.45, 2.75) is 25.8 Å². The monoisotopic (exact) mass is 282 g/mol. The first-order valence-corrected chi connectivity index (χ1v) is 6.27. The molecule has 7 heteroatoms. The molecule has 6 nitrogen and oxygen atoms in total. The fraction of sp³-hybridized carbons (Fsp3) is 0.462. The molecule has 1 fully saturated rings. The highest BCUT2D eigenvalue weighted by atomic mass is 19.1. The van der Waals surface area contributed by atoms with Gasteiger partial charge in [0.25, 0.3) is 5.69 Å². The van der Waals surface area contributed by atoms with E-state index in [1.165, 1.54) is 0 Å². The largest absolute Gasteiger partial charge is 0.477 e. The molecule has 0 bridgehead atoms. The van der Waals surface area contributed by atoms with Gasteiger partial charge in [-0.1, -0.05) is 0 Å². The minimum atomic E-state index is -1.44. The highest BCUT2D eigenvalue weighted by Gasteiger charge is 2.33. The summed E-state index contributed by atoms with van der Waals surface area (Å²) in [5.74, 6) is -1.76. The van der Waals surface area contributed by atoms with Gasteiger partial charge < -0.3 is 10.0 Å². The highest BCUT2D eigenvalue weighted by Crippen LogP contribution is 2.38. The van der Waals surface area contributed by atoms with E-state index in [2.05, 4.69) is 0 Å². The summed E-state index contributed by atoms with van der Waals surface area (Å²) in [7, 11) is 1.67. The van der Waals surface area contributed by atoms with E-state index in [0.717, 1.165) is 18.9 Å². The number of nitro groups is 1. The molecule has 1 atom stereocenters. The average molecular weight is 282 g/mol. The second kappa shape index (κ2) is 5.07. The van der Waals surface area contributed by atoms with E-state index in [0.29, 0.717) is 12.0 Å². The van der Waals surface area contributed by atoms with Crippen molar-refractivity contribution in [2.24, 2.45) is 5.92 Å². The maximum absolute atomic E-state index is 14.0. The molecule has 1 aliphatic rings. The predicted molar refractivity (Wildman–Crippen MR) is 70.6 cm³/mol. The van der Waals surface area contributed by atoms with Crippen LogP contribution in [0.3, 0.4) is 0 Å². The van der Waals surface area contributed by atoms with E-state index in [4.69, 9.17) is 5.11 Å². The molecule has 0 radical (unpaired) electrons. The van der Waals surface area contributed by atoms with Crippen molar-refractivity contribution in [1.29, 1.82) is 0 Å². The van der Waals surface area contributed by atoms with Crippen LogP contribution < -0.4 is 4.90 Å². The second-order valence-corrected chi connectivity index (χ2v) is 5.07. The number of hydrogen-bond acceptors (Lipinski definition) is 4. The fourth-order valence-electron chi connectivity index (χ4n) is 2.26. The van der Waals surface area contributed by atoms with Crippen LogP contribution in [0.2, 0.25) is 0 Å². The topological polar surface area (TPSA) is 83.7 Å². The lowest BCUT2D eigenvalue weighted by atomic mass is 10.1. The number of carboxylic acids is 1. The van der Waals surface area contributed by atoms with Crippen molar-refractivity contribution in [3.05, 3.63) is 33.6 Å². The Morgan fingerprint density at radius 2 is 2.15 bits per heavy atom. The Morgan fingerprint density at radius 1 is 1.55 bits per heavy atom. The molecular formula is C13H15FN2O4. The minimum absolute atomic E-state index is 0.0626. The van der Waals surface area contributed by atoms with Crippen LogP contribution in [0.25, 0.3) is 0 Å². The zero-order valence-corrected chi connectivity index (χ0v) is 11.2. The molecule has 20 heavy (non-hydrogen) atoms. The van der Waals surface area contributed by atoms with Gasteiger partial charge in [-0.05, 0) is 31.7 Å². The zero-order valence-electron chi connectivity index (χ0n) is 11.2. The smallest absolute Gasteiger partial charge is 0.342 e. The van der Waals surface area contributed by atoms with Crippen LogP contribution in [-0.2, 0) is 0 Å². The van der Waals surface area contributed by atoms with Gasteiger partial charge in [0.2, 0.25) is 0 Å². The van der Waals surface area contributed by atoms with Gasteiger partial charge in [0.05, 0.1) is 16.7 Å². The number of nitrogens with zero attached hydrogens (tertiary/aromatic N) is 2. The predicted octanol–water partition coefficient (Wildman–Crippen LogP) is 2.67. The molecule has 0 heterocycles. The Morgan fingerprint density at radius 3 is 2.60 bits per heavy atom. The van der Waals surface area contributed by atoms with Crippen LogP contribution in [0.15, 0.2) is 12.1 Å². The molecular weight excluding hydrogens is 267 g/mol. The summed E-state index contributed by atoms with van der Waals surface area (Å²) in [6, 6.07) is 1.77. The average Bonchev–Trinajstić information content (AvgIpc) is 3.20. The fourth-order valence-corrected chi connectivity index (χ4v) is 2.26. The lowest BCUT2D eigenvalue weighted by Gasteiger charge is -2.27. The molecule has 0 aromatic heterocycles. The van der Waals surface area contributed by atoms with Crippen LogP contribution in [0, 0.1) is 21.8 Å². The lowest BCUT2D eigenvalue weighted by molar-refractivity contribution is -0.385. The molecule has 1 N–H and O–H groups in total. The summed E-state index contributed by atoms with van der Waals surface area (Å²) < 4.78 is 14.0. The van der Waals surface area contributed by atoms with Crippen molar-refractivity contribution < 1.29 is 19.2 Å². The van der Waals surface area contributed by atoms with Crippen molar-refractivity contribution in [1.82, 2.24) is 0 Å². The first-order valence-electron chi connectivity index (χ1n) is 6.27. The third-order valence-electron chi connectivity index (χ3n) is 3.79. The third-order valence-corrected chi connectivity index (χ3v) is 3.79. The van der Waals surface area contributed by atoms with Gasteiger partial charge in [0, 0.05) is 13.1 Å². The molecule has 0 aliphatic heterocycles. The zero-order chi connectivity index (χ0) is 15.0. The lowest BCUT2D eigenvalue weighted by Crippen LogP contribution is -2.31. The number of benzene rings is 1. The SMILES string of the molecule is CC(C1CC1)N(C)c1cc(C(=O)O)c([N+](=O)[O-])cc1F. The Kier molecular flexibility index (Phi) is 3.61. The van der Waals surface area contributed by atoms with Gasteiger partial charge in [0.1, 0.15) is 5.56 Å². The molecule has 0 spiro atoms. The number of nitro benzene ring substituents is 1. The van der Waals surface area contributed by atoms with E-state index in [1.807, 2.05) is 6.92 Å². The maximum atomic E-state index is 14.0. The summed E-state index contributed by atoms with van der Waals surface area (Å²) in [5.41, 5.74) is -1.15. The Hall–Kier alpha value is -2.18. The quantitative estimate of drug-likeness (QED) is 0.663. The molecule has 1 unspecified atom stereocenters. The Bertz CT molecular complexity index is 572. The van der Waals surface area contributed by atoms with Gasteiger partial charge in [-0.15, -0.1) is 0 Å². The number of aromatic carboxylic acids is 1. The van der Waals surface area contributed by atoms with Gasteiger partial charge in [-0.25, -0.2) is 9.18 Å². The first-order chi connectivity index (χ1) is 9.32. The van der Waals surface area contributed by atoms with Crippen molar-refractivity contribution >= 4 is 17.3 Å². The number of rotatable bonds is 5. The number of carboxylic acid groups (broad SMARTS) is 1. The van der Waals surface area contributed by atoms with E-state index in [-0.39, 0.29) is 11.7 Å². The second-order valence-electron chi connectivity index (χ2n) is 5.07. The van der Waals surface area contributed by atoms with E-state index in [9.17, 15) is 19.3 Å². The summed E-state index contributed by atoms with van der Waals surface area (Å²) in [6.45, 7) is 1.93. The van der Waals surface area contributed by atoms with Crippen LogP contribution >= 0.6 is 0 Å². The standard InChI is InChI=1S/C13H15FN2O4/c1-7(8-3-4-8)15(2)12-5-9(13(17)18)11(16(19)20)6-10(12)14/h5-8H,3-4H2,1-2H3,(H,17,18). The third kappa shape index (κ3) is 2.56. The maximum Gasteiger partial charge on any atom is 0.342 e. The Balaban J connectivity index is 2.45. The number of carbonyl (C=O) groups is 1. The van der Waals surface area contributed by atoms with Crippen LogP contribution in [0.5, 0.6) is 0 Å². The van der Waals surface area contributed by atoms with E-state index < -0.39 is 28.0 Å². The molecule has 0 amide bonds. The summed E-state index contributed by atoms with van der Waals surface area (Å²) in [4.78, 5) is 22.6. The summed E-state index contributed by atoms with van der Waals surface area (Å²) >= 11 is 0. The molecule has 0 saturated heterocycles. The highest BCUT2D eigenvalue weighted by molar-refractivity contribution is 5.93. The van der Waals surface area contributed by atoms with Crippen LogP contribution in [0.1, 0.15) is 30.1 Å². The molecule has 1 aliphatic carbocycles. The molecule has 108 valence electrons. The number of hydrogen-bond donors (Lipinski definition) is 1. The van der Waals surface area contributed by atoms with Gasteiger partial charge in [-0.3, -0.25) is 10.1 Å². The van der Waals surface area contributed by atoms with Gasteiger partial charge in [-0.2, -0.15) is 0 Å². The summed E-state index contributed by atoms with van der Waals surface area (Å²) in [6.07, 6.45) is 2.12. The van der Waals surface area contributed by atoms with Gasteiger partial charge >= 0.3 is 5.97 Å². The van der Waals surface area contributed by atoms with Crippen molar-refractivity contribution in [3.63, 3.8) is 0 Å². The number of halogens is 1. The van der Waals surface area contributed by atoms with Crippen molar-refractivity contribution in [3.8, 4) is 0 Å². The minimum Gasteiger partial charge on any atom is -0.477 e. The molecule has 1 aromatic rings. The molecule has 2 rings (SSSR count). The van der Waals surface area contributed by atoms with Crippen molar-refractivity contribution in [2.75, 3.05) is 11.9 Å².